The zero-order chi connectivity index (χ0) is 29.1. The van der Waals surface area contributed by atoms with Crippen LogP contribution in [0.1, 0.15) is 42.9 Å². The Kier molecular flexibility index (Phi) is 8.89. The highest BCUT2D eigenvalue weighted by Gasteiger charge is 2.35. The smallest absolute Gasteiger partial charge is 0.335 e. The number of thioether (sulfide) groups is 1. The molecule has 4 rings (SSSR count). The zero-order valence-corrected chi connectivity index (χ0v) is 23.2. The van der Waals surface area contributed by atoms with Crippen LogP contribution in [0.15, 0.2) is 61.6 Å². The van der Waals surface area contributed by atoms with E-state index < -0.39 is 38.9 Å². The van der Waals surface area contributed by atoms with Gasteiger partial charge in [0.15, 0.2) is 0 Å². The molecule has 2 N–H and O–H groups in total. The third kappa shape index (κ3) is 6.33. The van der Waals surface area contributed by atoms with Crippen LogP contribution in [0.5, 0.6) is 0 Å². The Hall–Kier alpha value is -3.38. The van der Waals surface area contributed by atoms with E-state index >= 15 is 0 Å². The molecule has 0 radical (unpaired) electrons. The fourth-order valence-corrected chi connectivity index (χ4v) is 6.39. The lowest BCUT2D eigenvalue weighted by atomic mass is 10.1. The molecule has 0 spiro atoms. The molecule has 0 saturated carbocycles. The summed E-state index contributed by atoms with van der Waals surface area (Å²) in [6, 6.07) is 14.9. The highest BCUT2D eigenvalue weighted by Crippen LogP contribution is 2.36. The Morgan fingerprint density at radius 1 is 1.18 bits per heavy atom. The predicted molar refractivity (Wildman–Crippen MR) is 143 cm³/mol. The minimum absolute atomic E-state index is 0.0233. The predicted octanol–water partition coefficient (Wildman–Crippen LogP) is 4.44. The lowest BCUT2D eigenvalue weighted by Gasteiger charge is -2.30. The number of nitrogens with zero attached hydrogens (tertiary/aromatic N) is 4. The van der Waals surface area contributed by atoms with Crippen molar-refractivity contribution in [3.8, 4) is 0 Å². The number of aryl methyl sites for hydroxylation is 1. The van der Waals surface area contributed by atoms with E-state index in [9.17, 15) is 26.4 Å². The number of nitrogens with two attached hydrogens (primary N) is 1. The second-order valence-electron chi connectivity index (χ2n) is 8.84. The number of hydrogen-bond acceptors (Lipinski definition) is 8. The number of hydrogen-bond donors (Lipinski definition) is 1. The van der Waals surface area contributed by atoms with E-state index in [1.165, 1.54) is 4.57 Å². The Morgan fingerprint density at radius 2 is 1.90 bits per heavy atom. The van der Waals surface area contributed by atoms with E-state index in [0.29, 0.717) is 5.69 Å². The summed E-state index contributed by atoms with van der Waals surface area (Å²) in [4.78, 5) is 17.6. The monoisotopic (exact) mass is 593 g/mol. The lowest BCUT2D eigenvalue weighted by Crippen LogP contribution is -2.40. The van der Waals surface area contributed by atoms with E-state index in [1.54, 1.807) is 13.8 Å². The molecule has 0 fully saturated rings. The molecule has 40 heavy (non-hydrogen) atoms. The van der Waals surface area contributed by atoms with Crippen LogP contribution in [0, 0.1) is 19.1 Å². The summed E-state index contributed by atoms with van der Waals surface area (Å²) in [6.45, 7) is 3.59. The van der Waals surface area contributed by atoms with E-state index in [0.717, 1.165) is 22.0 Å². The van der Waals surface area contributed by atoms with Gasteiger partial charge in [0.05, 0.1) is 23.2 Å². The molecule has 0 saturated heterocycles. The first-order valence-corrected chi connectivity index (χ1v) is 14.5. The Labute approximate surface area is 233 Å². The van der Waals surface area contributed by atoms with Crippen molar-refractivity contribution in [2.75, 3.05) is 13.1 Å². The van der Waals surface area contributed by atoms with E-state index in [4.69, 9.17) is 10.3 Å². The van der Waals surface area contributed by atoms with Gasteiger partial charge in [0.2, 0.25) is 0 Å². The molecule has 2 aromatic carbocycles. The standard InChI is InChI=1S/C26H26F3N5O4S2/c1-3-21(34(15-7-14-30)40(36,37)20-12-10-19(11-13-20)39-26(27,28)29)23-31-24-22(17(2)32-38-24)25(35)33(23)16-18-8-5-4-6-9-18/h4-6,8-10,12,21H,3,7,14-16,30H2,1-2H3. The minimum atomic E-state index is -4.56. The summed E-state index contributed by atoms with van der Waals surface area (Å²) in [7, 11) is -4.34. The van der Waals surface area contributed by atoms with Gasteiger partial charge in [-0.2, -0.15) is 22.5 Å². The number of fused-ring (bicyclic) bond motifs is 1. The van der Waals surface area contributed by atoms with Crippen LogP contribution in [0.3, 0.4) is 0 Å². The van der Waals surface area contributed by atoms with Crippen LogP contribution in [0.4, 0.5) is 13.2 Å². The SMILES string of the molecule is CCC(c1nc2onc(C)c2c(=O)n1Cc1ccccc1)N(CCCN)S(=O)(=O)c1c#cc(SC(F)(F)F)cc1. The van der Waals surface area contributed by atoms with Gasteiger partial charge in [-0.15, -0.1) is 0 Å². The van der Waals surface area contributed by atoms with Crippen molar-refractivity contribution in [2.24, 2.45) is 5.73 Å². The number of sulfonamides is 1. The molecule has 0 aliphatic carbocycles. The molecular formula is C26H26F3N5O4S2. The fourth-order valence-electron chi connectivity index (χ4n) is 4.28. The van der Waals surface area contributed by atoms with Crippen molar-refractivity contribution < 1.29 is 26.1 Å². The van der Waals surface area contributed by atoms with Gasteiger partial charge in [0.1, 0.15) is 16.1 Å². The molecule has 0 amide bonds. The number of benzene rings is 1. The molecule has 2 heterocycles. The average molecular weight is 594 g/mol. The number of halogens is 3. The van der Waals surface area contributed by atoms with E-state index in [-0.39, 0.29) is 59.2 Å². The van der Waals surface area contributed by atoms with Gasteiger partial charge < -0.3 is 10.3 Å². The molecule has 14 heteroatoms. The average Bonchev–Trinajstić information content (AvgIpc) is 3.28. The first-order valence-electron chi connectivity index (χ1n) is 12.3. The number of alkyl halides is 3. The normalized spacial score (nSPS) is 13.1. The van der Waals surface area contributed by atoms with Gasteiger partial charge in [0, 0.05) is 6.54 Å². The number of rotatable bonds is 11. The summed E-state index contributed by atoms with van der Waals surface area (Å²) in [5.41, 5.74) is 1.83. The van der Waals surface area contributed by atoms with Crippen LogP contribution in [-0.2, 0) is 16.6 Å². The van der Waals surface area contributed by atoms with E-state index in [2.05, 4.69) is 22.3 Å². The van der Waals surface area contributed by atoms with Crippen LogP contribution >= 0.6 is 11.8 Å². The molecular weight excluding hydrogens is 567 g/mol. The Balaban J connectivity index is 1.85. The molecule has 212 valence electrons. The highest BCUT2D eigenvalue weighted by molar-refractivity contribution is 8.00. The van der Waals surface area contributed by atoms with Gasteiger partial charge >= 0.3 is 5.51 Å². The summed E-state index contributed by atoms with van der Waals surface area (Å²) >= 11 is -0.419. The first-order chi connectivity index (χ1) is 19.0. The van der Waals surface area contributed by atoms with Crippen LogP contribution in [0.2, 0.25) is 0 Å². The molecule has 4 aromatic rings. The summed E-state index contributed by atoms with van der Waals surface area (Å²) < 4.78 is 73.9. The Bertz CT molecular complexity index is 1620. The van der Waals surface area contributed by atoms with Crippen molar-refractivity contribution in [2.45, 2.75) is 54.6 Å². The first kappa shape index (κ1) is 29.6. The largest absolute Gasteiger partial charge is 0.447 e. The quantitative estimate of drug-likeness (QED) is 0.253. The Morgan fingerprint density at radius 3 is 2.50 bits per heavy atom. The van der Waals surface area contributed by atoms with Crippen molar-refractivity contribution in [1.29, 1.82) is 0 Å². The maximum absolute atomic E-state index is 13.9. The van der Waals surface area contributed by atoms with E-state index in [1.807, 2.05) is 30.3 Å². The fraction of sp³-hybridized carbons (Fsp3) is 0.346. The van der Waals surface area contributed by atoms with Crippen molar-refractivity contribution in [3.05, 3.63) is 82.0 Å². The third-order valence-electron chi connectivity index (χ3n) is 6.10. The highest BCUT2D eigenvalue weighted by atomic mass is 32.2. The molecule has 1 unspecified atom stereocenters. The van der Waals surface area contributed by atoms with Gasteiger partial charge in [-0.1, -0.05) is 48.5 Å². The molecule has 1 atom stereocenters. The molecule has 2 aromatic heterocycles. The van der Waals surface area contributed by atoms with Gasteiger partial charge in [-0.05, 0) is 61.8 Å². The summed E-state index contributed by atoms with van der Waals surface area (Å²) in [5.74, 6) is 0.133. The van der Waals surface area contributed by atoms with Crippen molar-refractivity contribution >= 4 is 32.9 Å². The summed E-state index contributed by atoms with van der Waals surface area (Å²) in [5, 5.41) is 4.05. The molecule has 9 nitrogen and oxygen atoms in total. The third-order valence-corrected chi connectivity index (χ3v) is 8.64. The summed E-state index contributed by atoms with van der Waals surface area (Å²) in [6.07, 6.45) is 0.476. The molecule has 0 aliphatic rings. The lowest BCUT2D eigenvalue weighted by molar-refractivity contribution is -0.0328. The maximum Gasteiger partial charge on any atom is 0.447 e. The second kappa shape index (κ2) is 12.0. The van der Waals surface area contributed by atoms with Crippen molar-refractivity contribution in [1.82, 2.24) is 19.0 Å². The van der Waals surface area contributed by atoms with Crippen molar-refractivity contribution in [3.63, 3.8) is 0 Å². The van der Waals surface area contributed by atoms with Crippen LogP contribution in [-0.4, -0.2) is 46.0 Å². The van der Waals surface area contributed by atoms with Gasteiger partial charge in [-0.3, -0.25) is 9.36 Å². The van der Waals surface area contributed by atoms with Gasteiger partial charge in [-0.25, -0.2) is 8.42 Å². The molecule has 0 aliphatic heterocycles. The zero-order valence-electron chi connectivity index (χ0n) is 21.6. The minimum Gasteiger partial charge on any atom is -0.335 e. The van der Waals surface area contributed by atoms with Crippen LogP contribution < -0.4 is 11.3 Å². The topological polar surface area (TPSA) is 124 Å². The second-order valence-corrected chi connectivity index (χ2v) is 11.8. The number of aromatic nitrogens is 3. The molecule has 0 bridgehead atoms. The van der Waals surface area contributed by atoms with Crippen LogP contribution in [0.25, 0.3) is 11.1 Å². The van der Waals surface area contributed by atoms with Gasteiger partial charge in [0.25, 0.3) is 21.3 Å². The maximum atomic E-state index is 13.9.